The molecule has 42 heavy (non-hydrogen) atoms. The van der Waals surface area contributed by atoms with Gasteiger partial charge in [0.05, 0.1) is 54.3 Å². The zero-order valence-corrected chi connectivity index (χ0v) is 24.5. The number of piperazine rings is 1. The number of nitrogens with zero attached hydrogens (tertiary/aromatic N) is 7. The Hall–Kier alpha value is -3.72. The van der Waals surface area contributed by atoms with Crippen LogP contribution >= 0.6 is 0 Å². The van der Waals surface area contributed by atoms with Gasteiger partial charge in [-0.3, -0.25) is 9.69 Å². The Morgan fingerprint density at radius 2 is 1.90 bits per heavy atom. The van der Waals surface area contributed by atoms with Crippen molar-refractivity contribution in [3.05, 3.63) is 42.4 Å². The van der Waals surface area contributed by atoms with Crippen molar-refractivity contribution >= 4 is 17.2 Å². The second kappa shape index (κ2) is 10.5. The first-order chi connectivity index (χ1) is 20.2. The van der Waals surface area contributed by atoms with Crippen LogP contribution in [0.4, 0.5) is 5.82 Å². The summed E-state index contributed by atoms with van der Waals surface area (Å²) in [6, 6.07) is 8.78. The van der Waals surface area contributed by atoms with Crippen molar-refractivity contribution in [2.45, 2.75) is 63.4 Å². The number of anilines is 1. The molecule has 0 aliphatic carbocycles. The van der Waals surface area contributed by atoms with Gasteiger partial charge < -0.3 is 24.6 Å². The third-order valence-electron chi connectivity index (χ3n) is 8.85. The summed E-state index contributed by atoms with van der Waals surface area (Å²) in [6.07, 6.45) is 8.27. The van der Waals surface area contributed by atoms with Gasteiger partial charge in [-0.1, -0.05) is 0 Å². The Morgan fingerprint density at radius 1 is 1.14 bits per heavy atom. The van der Waals surface area contributed by atoms with Crippen LogP contribution in [0.1, 0.15) is 39.2 Å². The van der Waals surface area contributed by atoms with E-state index in [1.165, 1.54) is 6.42 Å². The Kier molecular flexibility index (Phi) is 6.80. The highest BCUT2D eigenvalue weighted by Gasteiger charge is 2.47. The average molecular weight is 571 g/mol. The molecule has 11 nitrogen and oxygen atoms in total. The van der Waals surface area contributed by atoms with Gasteiger partial charge in [0.2, 0.25) is 5.91 Å². The number of fused-ring (bicyclic) bond motifs is 5. The smallest absolute Gasteiger partial charge is 0.237 e. The number of amides is 1. The van der Waals surface area contributed by atoms with Crippen LogP contribution < -0.4 is 15.0 Å². The van der Waals surface area contributed by atoms with Crippen molar-refractivity contribution in [2.24, 2.45) is 0 Å². The summed E-state index contributed by atoms with van der Waals surface area (Å²) in [5, 5.41) is 17.5. The van der Waals surface area contributed by atoms with Gasteiger partial charge in [0.15, 0.2) is 0 Å². The lowest BCUT2D eigenvalue weighted by atomic mass is 9.87. The number of aromatic nitrogens is 3. The van der Waals surface area contributed by atoms with Crippen LogP contribution in [0.3, 0.4) is 0 Å². The van der Waals surface area contributed by atoms with Gasteiger partial charge in [0.25, 0.3) is 0 Å². The molecule has 3 aromatic heterocycles. The van der Waals surface area contributed by atoms with E-state index in [-0.39, 0.29) is 23.5 Å². The van der Waals surface area contributed by atoms with E-state index in [2.05, 4.69) is 52.0 Å². The fourth-order valence-electron chi connectivity index (χ4n) is 6.76. The number of rotatable bonds is 8. The van der Waals surface area contributed by atoms with E-state index < -0.39 is 0 Å². The normalized spacial score (nSPS) is 25.1. The summed E-state index contributed by atoms with van der Waals surface area (Å²) in [5.74, 6) is 1.78. The molecule has 9 heterocycles. The molecule has 6 fully saturated rings. The lowest BCUT2D eigenvalue weighted by molar-refractivity contribution is -0.181. The van der Waals surface area contributed by atoms with Crippen LogP contribution in [0.15, 0.2) is 36.8 Å². The molecule has 6 saturated heterocycles. The highest BCUT2D eigenvalue weighted by molar-refractivity contribution is 5.85. The number of pyridine rings is 2. The number of ether oxygens (including phenoxy) is 2. The monoisotopic (exact) mass is 570 g/mol. The van der Waals surface area contributed by atoms with E-state index >= 15 is 0 Å². The molecule has 0 spiro atoms. The number of nitrogens with one attached hydrogen (secondary N) is 1. The molecular weight excluding hydrogens is 532 g/mol. The number of nitriles is 1. The zero-order chi connectivity index (χ0) is 29.0. The standard InChI is InChI=1S/C31H38N8O3/c1-31(2,3)34-14-29(40)39-22-8-23(39)16-37(15-22)28-5-4-20(12-33-28)27-10-24(19-38-30(27)21(11-32)13-35-38)41-7-6-36-17-25-9-26(18-36)42-25/h4-5,10,12-13,19,22-23,25-26,34H,6-9,14-18H2,1-3H3. The summed E-state index contributed by atoms with van der Waals surface area (Å²) >= 11 is 0. The van der Waals surface area contributed by atoms with Crippen LogP contribution in [0.2, 0.25) is 0 Å². The van der Waals surface area contributed by atoms with E-state index in [9.17, 15) is 10.1 Å². The molecule has 3 aromatic rings. The van der Waals surface area contributed by atoms with Crippen LogP contribution in [0.5, 0.6) is 5.75 Å². The molecule has 4 atom stereocenters. The van der Waals surface area contributed by atoms with Crippen LogP contribution in [-0.4, -0.2) is 106 Å². The fourth-order valence-corrected chi connectivity index (χ4v) is 6.76. The molecule has 4 unspecified atom stereocenters. The Balaban J connectivity index is 1.04. The van der Waals surface area contributed by atoms with Gasteiger partial charge >= 0.3 is 0 Å². The first-order valence-electron chi connectivity index (χ1n) is 14.9. The zero-order valence-electron chi connectivity index (χ0n) is 24.5. The molecule has 6 aliphatic heterocycles. The van der Waals surface area contributed by atoms with E-state index in [4.69, 9.17) is 14.5 Å². The minimum Gasteiger partial charge on any atom is -0.491 e. The SMILES string of the molecule is CC(C)(C)NCC(=O)N1C2CC1CN(c1ccc(-c3cc(OCCN4CC5CC(C4)O5)cn4ncc(C#N)c34)cn1)C2. The predicted octanol–water partition coefficient (Wildman–Crippen LogP) is 2.30. The molecule has 0 aromatic carbocycles. The average Bonchev–Trinajstić information content (AvgIpc) is 3.38. The summed E-state index contributed by atoms with van der Waals surface area (Å²) in [6.45, 7) is 11.5. The Bertz CT molecular complexity index is 1500. The third kappa shape index (κ3) is 5.19. The molecule has 0 radical (unpaired) electrons. The maximum absolute atomic E-state index is 12.8. The number of carbonyl (C=O) groups excluding carboxylic acids is 1. The van der Waals surface area contributed by atoms with Crippen molar-refractivity contribution in [1.82, 2.24) is 29.7 Å². The van der Waals surface area contributed by atoms with Crippen LogP contribution in [0, 0.1) is 11.3 Å². The molecule has 6 aliphatic rings. The van der Waals surface area contributed by atoms with E-state index in [0.29, 0.717) is 36.7 Å². The highest BCUT2D eigenvalue weighted by atomic mass is 16.5. The molecule has 11 heteroatoms. The van der Waals surface area contributed by atoms with Crippen molar-refractivity contribution < 1.29 is 14.3 Å². The van der Waals surface area contributed by atoms with Gasteiger partial charge in [0, 0.05) is 62.0 Å². The maximum atomic E-state index is 12.8. The first kappa shape index (κ1) is 27.1. The summed E-state index contributed by atoms with van der Waals surface area (Å²) in [7, 11) is 0. The van der Waals surface area contributed by atoms with Crippen molar-refractivity contribution in [1.29, 1.82) is 5.26 Å². The minimum atomic E-state index is -0.0847. The second-order valence-corrected chi connectivity index (χ2v) is 13.0. The van der Waals surface area contributed by atoms with E-state index in [1.54, 1.807) is 10.7 Å². The van der Waals surface area contributed by atoms with Gasteiger partial charge in [-0.15, -0.1) is 0 Å². The summed E-state index contributed by atoms with van der Waals surface area (Å²) in [4.78, 5) is 24.4. The lowest BCUT2D eigenvalue weighted by Gasteiger charge is -2.56. The number of hydrogen-bond donors (Lipinski definition) is 1. The van der Waals surface area contributed by atoms with E-state index in [0.717, 1.165) is 61.6 Å². The number of carbonyl (C=O) groups is 1. The van der Waals surface area contributed by atoms with Crippen molar-refractivity contribution in [3.63, 3.8) is 0 Å². The maximum Gasteiger partial charge on any atom is 0.237 e. The Labute approximate surface area is 246 Å². The van der Waals surface area contributed by atoms with Gasteiger partial charge in [-0.25, -0.2) is 9.50 Å². The largest absolute Gasteiger partial charge is 0.491 e. The number of piperidine rings is 2. The van der Waals surface area contributed by atoms with Gasteiger partial charge in [-0.2, -0.15) is 10.4 Å². The van der Waals surface area contributed by atoms with Gasteiger partial charge in [-0.05, 0) is 45.4 Å². The predicted molar refractivity (Wildman–Crippen MR) is 157 cm³/mol. The quantitative estimate of drug-likeness (QED) is 0.436. The number of morpholine rings is 1. The minimum absolute atomic E-state index is 0.0847. The fraction of sp³-hybridized carbons (Fsp3) is 0.548. The van der Waals surface area contributed by atoms with E-state index in [1.807, 2.05) is 30.6 Å². The summed E-state index contributed by atoms with van der Waals surface area (Å²) < 4.78 is 13.6. The molecule has 4 bridgehead atoms. The summed E-state index contributed by atoms with van der Waals surface area (Å²) in [5.41, 5.74) is 2.92. The number of hydrogen-bond acceptors (Lipinski definition) is 9. The lowest BCUT2D eigenvalue weighted by Crippen LogP contribution is -2.71. The molecule has 220 valence electrons. The molecule has 0 saturated carbocycles. The second-order valence-electron chi connectivity index (χ2n) is 13.0. The topological polar surface area (TPSA) is 111 Å². The van der Waals surface area contributed by atoms with Crippen molar-refractivity contribution in [3.8, 4) is 22.9 Å². The molecular formula is C31H38N8O3. The van der Waals surface area contributed by atoms with Gasteiger partial charge in [0.1, 0.15) is 24.2 Å². The first-order valence-corrected chi connectivity index (χ1v) is 14.9. The highest BCUT2D eigenvalue weighted by Crippen LogP contribution is 2.36. The van der Waals surface area contributed by atoms with Crippen molar-refractivity contribution in [2.75, 3.05) is 50.8 Å². The molecule has 1 amide bonds. The Morgan fingerprint density at radius 3 is 2.57 bits per heavy atom. The molecule has 9 rings (SSSR count). The molecule has 1 N–H and O–H groups in total. The third-order valence-corrected chi connectivity index (χ3v) is 8.85. The van der Waals surface area contributed by atoms with Crippen LogP contribution in [-0.2, 0) is 9.53 Å². The van der Waals surface area contributed by atoms with Crippen LogP contribution in [0.25, 0.3) is 16.6 Å².